The number of alkyl halides is 3. The van der Waals surface area contributed by atoms with Crippen molar-refractivity contribution in [2.45, 2.75) is 40.1 Å². The van der Waals surface area contributed by atoms with Crippen LogP contribution in [0.3, 0.4) is 0 Å². The summed E-state index contributed by atoms with van der Waals surface area (Å²) in [4.78, 5) is 28.6. The van der Waals surface area contributed by atoms with E-state index in [4.69, 9.17) is 27.9 Å². The molecular formula is C32H32Cl2F3N5O4. The predicted octanol–water partition coefficient (Wildman–Crippen LogP) is 7.35. The molecule has 1 saturated carbocycles. The second-order valence-electron chi connectivity index (χ2n) is 11.4. The number of hydrogen-bond acceptors (Lipinski definition) is 5. The number of pyridine rings is 1. The average molecular weight is 679 g/mol. The fourth-order valence-electron chi connectivity index (χ4n) is 5.27. The first-order chi connectivity index (χ1) is 21.7. The maximum atomic E-state index is 12.7. The Morgan fingerprint density at radius 1 is 1.20 bits per heavy atom. The molecule has 2 aromatic carbocycles. The quantitative estimate of drug-likeness (QED) is 0.115. The standard InChI is InChI=1S/C23H22ClF3O2.C9H10ClN5O2/c1-14-16(10-7-11-17(14)15-8-5-4-6-9-15)13-29-21(28)20-18(22(20,2)3)12-19(24)23(25,26)27;10-8-2-1-7(5-12-8)6-14-4-3-11-9(14)13-15(16)17/h4-12,18,20H,13H2,1-3H3;1-2,5H,3-4,6H2,(H,11,13)/b19-12-;. The molecule has 1 aliphatic carbocycles. The van der Waals surface area contributed by atoms with Gasteiger partial charge in [-0.2, -0.15) is 13.2 Å². The summed E-state index contributed by atoms with van der Waals surface area (Å²) < 4.78 is 43.5. The molecule has 1 aliphatic heterocycles. The number of carbonyl (C=O) groups excluding carboxylic acids is 1. The van der Waals surface area contributed by atoms with E-state index in [9.17, 15) is 28.1 Å². The first kappa shape index (κ1) is 34.7. The van der Waals surface area contributed by atoms with Crippen LogP contribution in [-0.4, -0.2) is 46.1 Å². The van der Waals surface area contributed by atoms with Gasteiger partial charge in [-0.15, -0.1) is 0 Å². The molecule has 0 spiro atoms. The molecule has 244 valence electrons. The van der Waals surface area contributed by atoms with Gasteiger partial charge in [-0.3, -0.25) is 4.79 Å². The minimum Gasteiger partial charge on any atom is -0.461 e. The number of esters is 1. The lowest BCUT2D eigenvalue weighted by Crippen LogP contribution is -2.30. The fourth-order valence-corrected chi connectivity index (χ4v) is 5.52. The van der Waals surface area contributed by atoms with Gasteiger partial charge >= 0.3 is 12.1 Å². The number of nitrogens with one attached hydrogen (secondary N) is 1. The molecule has 1 saturated heterocycles. The summed E-state index contributed by atoms with van der Waals surface area (Å²) >= 11 is 11.0. The van der Waals surface area contributed by atoms with Gasteiger partial charge in [0.1, 0.15) is 21.9 Å². The highest BCUT2D eigenvalue weighted by molar-refractivity contribution is 6.30. The second-order valence-corrected chi connectivity index (χ2v) is 12.2. The van der Waals surface area contributed by atoms with Crippen LogP contribution < -0.4 is 5.32 Å². The van der Waals surface area contributed by atoms with Crippen molar-refractivity contribution in [1.29, 1.82) is 0 Å². The number of hydrazone groups is 1. The number of hydrogen-bond donors (Lipinski definition) is 1. The van der Waals surface area contributed by atoms with E-state index < -0.39 is 39.5 Å². The first-order valence-electron chi connectivity index (χ1n) is 14.3. The number of nitrogens with zero attached hydrogens (tertiary/aromatic N) is 4. The zero-order valence-corrected chi connectivity index (χ0v) is 26.7. The summed E-state index contributed by atoms with van der Waals surface area (Å²) in [5.74, 6) is -1.46. The Morgan fingerprint density at radius 3 is 2.54 bits per heavy atom. The summed E-state index contributed by atoms with van der Waals surface area (Å²) in [6.45, 7) is 7.35. The van der Waals surface area contributed by atoms with E-state index in [1.807, 2.05) is 61.5 Å². The van der Waals surface area contributed by atoms with Gasteiger partial charge < -0.3 is 15.0 Å². The van der Waals surface area contributed by atoms with Crippen molar-refractivity contribution in [2.24, 2.45) is 22.4 Å². The third-order valence-electron chi connectivity index (χ3n) is 7.96. The van der Waals surface area contributed by atoms with Crippen molar-refractivity contribution in [3.63, 3.8) is 0 Å². The van der Waals surface area contributed by atoms with Gasteiger partial charge in [0.05, 0.1) is 5.92 Å². The van der Waals surface area contributed by atoms with Crippen molar-refractivity contribution < 1.29 is 27.7 Å². The maximum Gasteiger partial charge on any atom is 0.426 e. The van der Waals surface area contributed by atoms with E-state index in [1.54, 1.807) is 31.0 Å². The summed E-state index contributed by atoms with van der Waals surface area (Å²) in [6.07, 6.45) is -2.04. The van der Waals surface area contributed by atoms with E-state index in [0.29, 0.717) is 24.8 Å². The largest absolute Gasteiger partial charge is 0.461 e. The normalized spacial score (nSPS) is 19.6. The topological polar surface area (TPSA) is 110 Å². The monoisotopic (exact) mass is 677 g/mol. The first-order valence-corrected chi connectivity index (χ1v) is 15.0. The second kappa shape index (κ2) is 14.5. The van der Waals surface area contributed by atoms with Crippen LogP contribution in [0.15, 0.2) is 83.1 Å². The molecule has 0 bridgehead atoms. The SMILES string of the molecule is Cc1c(COC(=O)C2C(/C=C(\Cl)C(F)(F)F)C2(C)C)cccc1-c1ccccc1.O=[N+]([O-])/N=C1\NCCN1Cc1ccc(Cl)nc1. The molecule has 14 heteroatoms. The van der Waals surface area contributed by atoms with E-state index in [-0.39, 0.29) is 12.6 Å². The van der Waals surface area contributed by atoms with Crippen molar-refractivity contribution in [1.82, 2.24) is 15.2 Å². The minimum atomic E-state index is -4.61. The van der Waals surface area contributed by atoms with E-state index in [0.717, 1.165) is 33.9 Å². The third-order valence-corrected chi connectivity index (χ3v) is 8.53. The Morgan fingerprint density at radius 2 is 1.91 bits per heavy atom. The number of benzene rings is 2. The molecule has 2 atom stereocenters. The van der Waals surface area contributed by atoms with E-state index >= 15 is 0 Å². The Hall–Kier alpha value is -4.16. The average Bonchev–Trinajstić information content (AvgIpc) is 3.28. The highest BCUT2D eigenvalue weighted by Gasteiger charge is 2.62. The van der Waals surface area contributed by atoms with Crippen LogP contribution in [0, 0.1) is 34.3 Å². The van der Waals surface area contributed by atoms with Gasteiger partial charge in [0.2, 0.25) is 0 Å². The lowest BCUT2D eigenvalue weighted by atomic mass is 9.97. The highest BCUT2D eigenvalue weighted by atomic mass is 35.5. The van der Waals surface area contributed by atoms with Crippen LogP contribution in [0.2, 0.25) is 5.15 Å². The molecule has 2 fully saturated rings. The molecule has 0 amide bonds. The number of rotatable bonds is 8. The van der Waals surface area contributed by atoms with Crippen molar-refractivity contribution in [3.05, 3.63) is 110 Å². The molecule has 1 N–H and O–H groups in total. The zero-order chi connectivity index (χ0) is 33.6. The van der Waals surface area contributed by atoms with Crippen molar-refractivity contribution in [3.8, 4) is 11.1 Å². The Labute approximate surface area is 274 Å². The minimum absolute atomic E-state index is 0.0708. The van der Waals surface area contributed by atoms with Crippen LogP contribution in [0.1, 0.15) is 30.5 Å². The van der Waals surface area contributed by atoms with Gasteiger partial charge in [-0.1, -0.05) is 97.7 Å². The number of allylic oxidation sites excluding steroid dienone is 2. The third kappa shape index (κ3) is 8.76. The molecule has 0 radical (unpaired) electrons. The Kier molecular flexibility index (Phi) is 10.9. The van der Waals surface area contributed by atoms with Crippen LogP contribution in [-0.2, 0) is 22.7 Å². The number of guanidine groups is 1. The molecule has 1 aromatic heterocycles. The van der Waals surface area contributed by atoms with Crippen molar-refractivity contribution in [2.75, 3.05) is 13.1 Å². The molecule has 2 heterocycles. The van der Waals surface area contributed by atoms with Crippen LogP contribution in [0.25, 0.3) is 11.1 Å². The van der Waals surface area contributed by atoms with Gasteiger partial charge in [-0.25, -0.2) is 15.1 Å². The van der Waals surface area contributed by atoms with Gasteiger partial charge in [0.25, 0.3) is 5.96 Å². The number of halogens is 5. The number of carbonyl (C=O) groups is 1. The van der Waals surface area contributed by atoms with Gasteiger partial charge in [0.15, 0.2) is 5.03 Å². The fraction of sp³-hybridized carbons (Fsp3) is 0.344. The number of nitro groups is 1. The summed E-state index contributed by atoms with van der Waals surface area (Å²) in [5, 5.41) is 15.0. The van der Waals surface area contributed by atoms with E-state index in [1.165, 1.54) is 0 Å². The summed E-state index contributed by atoms with van der Waals surface area (Å²) in [5.41, 5.74) is 4.27. The molecule has 9 nitrogen and oxygen atoms in total. The highest BCUT2D eigenvalue weighted by Crippen LogP contribution is 2.60. The molecule has 3 aromatic rings. The van der Waals surface area contributed by atoms with Crippen LogP contribution >= 0.6 is 23.2 Å². The van der Waals surface area contributed by atoms with Gasteiger partial charge in [-0.05, 0) is 52.1 Å². The number of ether oxygens (including phenoxy) is 1. The van der Waals surface area contributed by atoms with Crippen LogP contribution in [0.4, 0.5) is 13.2 Å². The molecule has 46 heavy (non-hydrogen) atoms. The van der Waals surface area contributed by atoms with E-state index in [2.05, 4.69) is 15.4 Å². The predicted molar refractivity (Wildman–Crippen MR) is 169 cm³/mol. The van der Waals surface area contributed by atoms with Crippen LogP contribution in [0.5, 0.6) is 0 Å². The Balaban J connectivity index is 0.000000240. The molecule has 2 unspecified atom stereocenters. The maximum absolute atomic E-state index is 12.7. The number of aromatic nitrogens is 1. The molecule has 2 aliphatic rings. The summed E-state index contributed by atoms with van der Waals surface area (Å²) in [7, 11) is 0. The molecule has 5 rings (SSSR count). The lowest BCUT2D eigenvalue weighted by molar-refractivity contribution is -0.485. The molecular weight excluding hydrogens is 646 g/mol. The van der Waals surface area contributed by atoms with Gasteiger partial charge in [0, 0.05) is 25.8 Å². The zero-order valence-electron chi connectivity index (χ0n) is 25.2. The smallest absolute Gasteiger partial charge is 0.426 e. The Bertz CT molecular complexity index is 1620. The van der Waals surface area contributed by atoms with Crippen molar-refractivity contribution >= 4 is 35.1 Å². The lowest BCUT2D eigenvalue weighted by Gasteiger charge is -2.14. The summed E-state index contributed by atoms with van der Waals surface area (Å²) in [6, 6.07) is 19.2.